The van der Waals surface area contributed by atoms with Crippen LogP contribution in [0.1, 0.15) is 23.6 Å². The fraction of sp³-hybridized carbons (Fsp3) is 0.300. The Morgan fingerprint density at radius 1 is 1.57 bits per heavy atom. The van der Waals surface area contributed by atoms with Crippen LogP contribution in [0.2, 0.25) is 0 Å². The molecule has 4 heteroatoms. The van der Waals surface area contributed by atoms with Gasteiger partial charge in [-0.2, -0.15) is 0 Å². The molecule has 1 rings (SSSR count). The van der Waals surface area contributed by atoms with E-state index in [1.165, 1.54) is 6.07 Å². The summed E-state index contributed by atoms with van der Waals surface area (Å²) in [5.41, 5.74) is 7.05. The second-order valence-electron chi connectivity index (χ2n) is 3.27. The average Bonchev–Trinajstić information content (AvgIpc) is 2.08. The first kappa shape index (κ1) is 10.5. The van der Waals surface area contributed by atoms with Gasteiger partial charge in [-0.15, -0.1) is 0 Å². The quantitative estimate of drug-likeness (QED) is 0.676. The first-order valence-electron chi connectivity index (χ1n) is 4.27. The van der Waals surface area contributed by atoms with Crippen LogP contribution in [0.4, 0.5) is 0 Å². The zero-order valence-corrected chi connectivity index (χ0v) is 7.90. The molecule has 0 saturated carbocycles. The van der Waals surface area contributed by atoms with Gasteiger partial charge in [0.1, 0.15) is 5.75 Å². The van der Waals surface area contributed by atoms with E-state index >= 15 is 0 Å². The number of hydrogen-bond donors (Lipinski definition) is 3. The summed E-state index contributed by atoms with van der Waals surface area (Å²) in [6, 6.07) is 4.30. The molecule has 0 aliphatic carbocycles. The van der Waals surface area contributed by atoms with Gasteiger partial charge in [-0.25, -0.2) is 0 Å². The summed E-state index contributed by atoms with van der Waals surface area (Å²) in [6.07, 6.45) is -0.184. The van der Waals surface area contributed by atoms with Gasteiger partial charge in [0.2, 0.25) is 0 Å². The highest BCUT2D eigenvalue weighted by Gasteiger charge is 2.14. The minimum atomic E-state index is -0.974. The van der Waals surface area contributed by atoms with E-state index in [2.05, 4.69) is 0 Å². The average molecular weight is 195 g/mol. The SMILES string of the molecule is Cc1ccc(O)c(C(N)CC(=O)O)c1. The van der Waals surface area contributed by atoms with Crippen molar-refractivity contribution in [2.24, 2.45) is 5.73 Å². The number of carboxylic acids is 1. The van der Waals surface area contributed by atoms with E-state index in [4.69, 9.17) is 10.8 Å². The lowest BCUT2D eigenvalue weighted by atomic mass is 10.0. The van der Waals surface area contributed by atoms with Gasteiger partial charge in [0.15, 0.2) is 0 Å². The second kappa shape index (κ2) is 4.11. The maximum absolute atomic E-state index is 10.4. The van der Waals surface area contributed by atoms with Crippen molar-refractivity contribution in [1.29, 1.82) is 0 Å². The summed E-state index contributed by atoms with van der Waals surface area (Å²) >= 11 is 0. The lowest BCUT2D eigenvalue weighted by Gasteiger charge is -2.11. The predicted octanol–water partition coefficient (Wildman–Crippen LogP) is 1.18. The standard InChI is InChI=1S/C10H13NO3/c1-6-2-3-9(12)7(4-6)8(11)5-10(13)14/h2-4,8,12H,5,11H2,1H3,(H,13,14). The Hall–Kier alpha value is -1.55. The Balaban J connectivity index is 2.93. The fourth-order valence-electron chi connectivity index (χ4n) is 1.27. The Morgan fingerprint density at radius 2 is 2.21 bits per heavy atom. The molecule has 0 aliphatic rings. The number of carbonyl (C=O) groups is 1. The van der Waals surface area contributed by atoms with E-state index in [0.29, 0.717) is 5.56 Å². The molecular formula is C10H13NO3. The van der Waals surface area contributed by atoms with Crippen LogP contribution in [0, 0.1) is 6.92 Å². The Morgan fingerprint density at radius 3 is 2.79 bits per heavy atom. The van der Waals surface area contributed by atoms with Crippen LogP contribution in [-0.2, 0) is 4.79 Å². The maximum Gasteiger partial charge on any atom is 0.305 e. The third-order valence-electron chi connectivity index (χ3n) is 1.98. The third kappa shape index (κ3) is 2.47. The molecule has 1 aromatic rings. The van der Waals surface area contributed by atoms with Crippen LogP contribution in [0.5, 0.6) is 5.75 Å². The van der Waals surface area contributed by atoms with Gasteiger partial charge in [-0.3, -0.25) is 4.79 Å². The third-order valence-corrected chi connectivity index (χ3v) is 1.98. The number of aromatic hydroxyl groups is 1. The number of aliphatic carboxylic acids is 1. The summed E-state index contributed by atoms with van der Waals surface area (Å²) in [5.74, 6) is -0.928. The molecule has 0 fully saturated rings. The van der Waals surface area contributed by atoms with Crippen LogP contribution in [0.25, 0.3) is 0 Å². The van der Waals surface area contributed by atoms with Crippen LogP contribution < -0.4 is 5.73 Å². The molecule has 0 bridgehead atoms. The van der Waals surface area contributed by atoms with E-state index < -0.39 is 12.0 Å². The van der Waals surface area contributed by atoms with Gasteiger partial charge in [0.25, 0.3) is 0 Å². The zero-order valence-electron chi connectivity index (χ0n) is 7.90. The van der Waals surface area contributed by atoms with E-state index in [0.717, 1.165) is 5.56 Å². The fourth-order valence-corrected chi connectivity index (χ4v) is 1.27. The maximum atomic E-state index is 10.4. The van der Waals surface area contributed by atoms with Gasteiger partial charge < -0.3 is 15.9 Å². The van der Waals surface area contributed by atoms with E-state index in [1.54, 1.807) is 12.1 Å². The number of nitrogens with two attached hydrogens (primary N) is 1. The minimum Gasteiger partial charge on any atom is -0.508 e. The Bertz CT molecular complexity index is 349. The number of carboxylic acid groups (broad SMARTS) is 1. The molecule has 76 valence electrons. The van der Waals surface area contributed by atoms with Crippen molar-refractivity contribution in [1.82, 2.24) is 0 Å². The number of benzene rings is 1. The number of aryl methyl sites for hydroxylation is 1. The van der Waals surface area contributed by atoms with Crippen LogP contribution in [-0.4, -0.2) is 16.2 Å². The molecule has 0 radical (unpaired) electrons. The Kier molecular flexibility index (Phi) is 3.09. The monoisotopic (exact) mass is 195 g/mol. The summed E-state index contributed by atoms with van der Waals surface area (Å²) in [6.45, 7) is 1.86. The summed E-state index contributed by atoms with van der Waals surface area (Å²) in [4.78, 5) is 10.4. The van der Waals surface area contributed by atoms with E-state index in [1.807, 2.05) is 6.92 Å². The van der Waals surface area contributed by atoms with Gasteiger partial charge >= 0.3 is 5.97 Å². The number of phenolic OH excluding ortho intramolecular Hbond substituents is 1. The van der Waals surface area contributed by atoms with Gasteiger partial charge in [-0.1, -0.05) is 17.7 Å². The smallest absolute Gasteiger partial charge is 0.305 e. The van der Waals surface area contributed by atoms with Crippen molar-refractivity contribution < 1.29 is 15.0 Å². The largest absolute Gasteiger partial charge is 0.508 e. The van der Waals surface area contributed by atoms with Gasteiger partial charge in [0, 0.05) is 11.6 Å². The predicted molar refractivity (Wildman–Crippen MR) is 52.0 cm³/mol. The van der Waals surface area contributed by atoms with Gasteiger partial charge in [0.05, 0.1) is 6.42 Å². The molecule has 4 N–H and O–H groups in total. The van der Waals surface area contributed by atoms with E-state index in [9.17, 15) is 9.90 Å². The summed E-state index contributed by atoms with van der Waals surface area (Å²) < 4.78 is 0. The molecule has 0 amide bonds. The topological polar surface area (TPSA) is 83.5 Å². The molecule has 0 heterocycles. The molecule has 1 atom stereocenters. The highest BCUT2D eigenvalue weighted by Crippen LogP contribution is 2.25. The summed E-state index contributed by atoms with van der Waals surface area (Å²) in [7, 11) is 0. The van der Waals surface area contributed by atoms with E-state index in [-0.39, 0.29) is 12.2 Å². The highest BCUT2D eigenvalue weighted by molar-refractivity contribution is 5.68. The minimum absolute atomic E-state index is 0.0457. The Labute approximate surface area is 82.0 Å². The molecule has 0 spiro atoms. The van der Waals surface area contributed by atoms with Crippen LogP contribution in [0.15, 0.2) is 18.2 Å². The lowest BCUT2D eigenvalue weighted by molar-refractivity contribution is -0.137. The van der Waals surface area contributed by atoms with Crippen molar-refractivity contribution in [2.45, 2.75) is 19.4 Å². The molecule has 1 aromatic carbocycles. The number of rotatable bonds is 3. The summed E-state index contributed by atoms with van der Waals surface area (Å²) in [5, 5.41) is 18.0. The normalized spacial score (nSPS) is 12.4. The van der Waals surface area contributed by atoms with Gasteiger partial charge in [-0.05, 0) is 13.0 Å². The van der Waals surface area contributed by atoms with Crippen LogP contribution in [0.3, 0.4) is 0 Å². The van der Waals surface area contributed by atoms with Crippen molar-refractivity contribution in [3.05, 3.63) is 29.3 Å². The molecule has 0 aliphatic heterocycles. The molecule has 0 aromatic heterocycles. The second-order valence-corrected chi connectivity index (χ2v) is 3.27. The first-order chi connectivity index (χ1) is 6.50. The number of phenols is 1. The highest BCUT2D eigenvalue weighted by atomic mass is 16.4. The van der Waals surface area contributed by atoms with Crippen molar-refractivity contribution in [3.8, 4) is 5.75 Å². The molecular weight excluding hydrogens is 182 g/mol. The molecule has 4 nitrogen and oxygen atoms in total. The molecule has 0 saturated heterocycles. The molecule has 1 unspecified atom stereocenters. The van der Waals surface area contributed by atoms with Crippen LogP contribution >= 0.6 is 0 Å². The van der Waals surface area contributed by atoms with Crippen molar-refractivity contribution in [2.75, 3.05) is 0 Å². The molecule has 14 heavy (non-hydrogen) atoms. The number of hydrogen-bond acceptors (Lipinski definition) is 3. The lowest BCUT2D eigenvalue weighted by Crippen LogP contribution is -2.15. The zero-order chi connectivity index (χ0) is 10.7. The van der Waals surface area contributed by atoms with Crippen molar-refractivity contribution in [3.63, 3.8) is 0 Å². The van der Waals surface area contributed by atoms with Crippen molar-refractivity contribution >= 4 is 5.97 Å². The first-order valence-corrected chi connectivity index (χ1v) is 4.27.